The molecule has 1 aromatic rings. The van der Waals surface area contributed by atoms with E-state index >= 15 is 0 Å². The van der Waals surface area contributed by atoms with E-state index in [1.54, 1.807) is 11.8 Å². The van der Waals surface area contributed by atoms with Gasteiger partial charge >= 0.3 is 5.97 Å². The Balaban J connectivity index is 1.95. The van der Waals surface area contributed by atoms with E-state index in [-0.39, 0.29) is 11.2 Å². The second-order valence-electron chi connectivity index (χ2n) is 4.06. The van der Waals surface area contributed by atoms with Gasteiger partial charge in [0.05, 0.1) is 6.61 Å². The molecule has 1 aromatic carbocycles. The molecule has 0 spiro atoms. The van der Waals surface area contributed by atoms with Crippen molar-refractivity contribution in [3.63, 3.8) is 0 Å². The van der Waals surface area contributed by atoms with Crippen molar-refractivity contribution >= 4 is 17.7 Å². The van der Waals surface area contributed by atoms with Crippen LogP contribution in [0.2, 0.25) is 0 Å². The maximum Gasteiger partial charge on any atom is 0.323 e. The van der Waals surface area contributed by atoms with Crippen LogP contribution in [0.25, 0.3) is 0 Å². The molecule has 2 rings (SSSR count). The lowest BCUT2D eigenvalue weighted by atomic mass is 10.0. The fraction of sp³-hybridized carbons (Fsp3) is 0.500. The van der Waals surface area contributed by atoms with Gasteiger partial charge in [-0.2, -0.15) is 0 Å². The van der Waals surface area contributed by atoms with Crippen molar-refractivity contribution < 1.29 is 14.3 Å². The van der Waals surface area contributed by atoms with Gasteiger partial charge < -0.3 is 9.47 Å². The summed E-state index contributed by atoms with van der Waals surface area (Å²) in [5, 5.41) is -0.170. The Bertz CT molecular complexity index is 406. The maximum atomic E-state index is 12.0. The van der Waals surface area contributed by atoms with E-state index in [2.05, 4.69) is 6.07 Å². The number of aryl methyl sites for hydroxylation is 1. The fourth-order valence-electron chi connectivity index (χ4n) is 2.01. The molecule has 98 valence electrons. The number of esters is 1. The number of rotatable bonds is 5. The third kappa shape index (κ3) is 3.27. The quantitative estimate of drug-likeness (QED) is 0.606. The summed E-state index contributed by atoms with van der Waals surface area (Å²) in [6.45, 7) is 3.39. The molecule has 1 aliphatic heterocycles. The van der Waals surface area contributed by atoms with Crippen LogP contribution in [0, 0.1) is 0 Å². The van der Waals surface area contributed by atoms with Crippen LogP contribution in [0.5, 0.6) is 0 Å². The Morgan fingerprint density at radius 3 is 3.06 bits per heavy atom. The van der Waals surface area contributed by atoms with Gasteiger partial charge in [-0.1, -0.05) is 24.3 Å². The Morgan fingerprint density at radius 2 is 2.22 bits per heavy atom. The van der Waals surface area contributed by atoms with Crippen LogP contribution in [0.4, 0.5) is 0 Å². The van der Waals surface area contributed by atoms with Gasteiger partial charge in [0.2, 0.25) is 0 Å². The number of benzene rings is 1. The van der Waals surface area contributed by atoms with Gasteiger partial charge in [-0.25, -0.2) is 0 Å². The molecule has 0 unspecified atom stereocenters. The van der Waals surface area contributed by atoms with Crippen molar-refractivity contribution in [2.75, 3.05) is 25.6 Å². The van der Waals surface area contributed by atoms with E-state index in [1.165, 1.54) is 5.56 Å². The topological polar surface area (TPSA) is 35.5 Å². The first-order chi connectivity index (χ1) is 8.83. The lowest BCUT2D eigenvalue weighted by molar-refractivity contribution is -0.144. The highest BCUT2D eigenvalue weighted by Gasteiger charge is 2.27. The van der Waals surface area contributed by atoms with E-state index in [0.717, 1.165) is 17.7 Å². The summed E-state index contributed by atoms with van der Waals surface area (Å²) in [5.41, 5.74) is 2.37. The zero-order valence-corrected chi connectivity index (χ0v) is 11.4. The minimum atomic E-state index is -0.170. The van der Waals surface area contributed by atoms with Crippen molar-refractivity contribution in [3.05, 3.63) is 35.4 Å². The summed E-state index contributed by atoms with van der Waals surface area (Å²) in [7, 11) is 0. The number of fused-ring (bicyclic) bond motifs is 1. The Morgan fingerprint density at radius 1 is 1.39 bits per heavy atom. The standard InChI is InChI=1S/C14H18O3S/c1-2-16-8-9-17-14(15)13-12-6-4-3-5-11(12)7-10-18-13/h3-6,13H,2,7-10H2,1H3/t13-/m0/s1. The summed E-state index contributed by atoms with van der Waals surface area (Å²) >= 11 is 1.66. The molecule has 0 saturated heterocycles. The lowest BCUT2D eigenvalue weighted by Crippen LogP contribution is -2.20. The molecule has 18 heavy (non-hydrogen) atoms. The molecule has 0 N–H and O–H groups in total. The van der Waals surface area contributed by atoms with Crippen molar-refractivity contribution in [3.8, 4) is 0 Å². The highest BCUT2D eigenvalue weighted by Crippen LogP contribution is 2.37. The van der Waals surface area contributed by atoms with Crippen LogP contribution in [-0.2, 0) is 20.7 Å². The zero-order valence-electron chi connectivity index (χ0n) is 10.6. The van der Waals surface area contributed by atoms with Gasteiger partial charge in [-0.15, -0.1) is 11.8 Å². The molecule has 0 aliphatic carbocycles. The first kappa shape index (κ1) is 13.4. The van der Waals surface area contributed by atoms with Gasteiger partial charge in [-0.05, 0) is 30.2 Å². The molecule has 1 aliphatic rings. The molecule has 4 heteroatoms. The Labute approximate surface area is 112 Å². The summed E-state index contributed by atoms with van der Waals surface area (Å²) < 4.78 is 10.4. The molecule has 0 saturated carbocycles. The number of thioether (sulfide) groups is 1. The maximum absolute atomic E-state index is 12.0. The molecule has 1 heterocycles. The van der Waals surface area contributed by atoms with Gasteiger partial charge in [0, 0.05) is 6.61 Å². The van der Waals surface area contributed by atoms with Gasteiger partial charge in [-0.3, -0.25) is 4.79 Å². The molecule has 0 radical (unpaired) electrons. The zero-order chi connectivity index (χ0) is 12.8. The average molecular weight is 266 g/mol. The molecular weight excluding hydrogens is 248 g/mol. The van der Waals surface area contributed by atoms with E-state index in [4.69, 9.17) is 9.47 Å². The fourth-order valence-corrected chi connectivity index (χ4v) is 3.20. The van der Waals surface area contributed by atoms with Crippen LogP contribution < -0.4 is 0 Å². The molecule has 0 amide bonds. The van der Waals surface area contributed by atoms with Crippen molar-refractivity contribution in [2.45, 2.75) is 18.6 Å². The third-order valence-corrected chi connectivity index (χ3v) is 4.10. The van der Waals surface area contributed by atoms with Crippen molar-refractivity contribution in [1.82, 2.24) is 0 Å². The van der Waals surface area contributed by atoms with Gasteiger partial charge in [0.15, 0.2) is 0 Å². The molecule has 0 fully saturated rings. The molecule has 0 bridgehead atoms. The van der Waals surface area contributed by atoms with Crippen LogP contribution in [0.3, 0.4) is 0 Å². The second-order valence-corrected chi connectivity index (χ2v) is 5.28. The number of hydrogen-bond donors (Lipinski definition) is 0. The largest absolute Gasteiger partial charge is 0.462 e. The smallest absolute Gasteiger partial charge is 0.323 e. The molecule has 3 nitrogen and oxygen atoms in total. The Kier molecular flexibility index (Phi) is 5.08. The SMILES string of the molecule is CCOCCOC(=O)[C@H]1SCCc2ccccc21. The lowest BCUT2D eigenvalue weighted by Gasteiger charge is -2.23. The number of ether oxygens (including phenoxy) is 2. The average Bonchev–Trinajstić information content (AvgIpc) is 2.43. The van der Waals surface area contributed by atoms with Crippen molar-refractivity contribution in [2.24, 2.45) is 0 Å². The van der Waals surface area contributed by atoms with Crippen LogP contribution in [-0.4, -0.2) is 31.5 Å². The normalized spacial score (nSPS) is 18.2. The summed E-state index contributed by atoms with van der Waals surface area (Å²) in [5.74, 6) is 0.828. The van der Waals surface area contributed by atoms with E-state index in [9.17, 15) is 4.79 Å². The number of carbonyl (C=O) groups is 1. The van der Waals surface area contributed by atoms with E-state index in [1.807, 2.05) is 25.1 Å². The van der Waals surface area contributed by atoms with Crippen LogP contribution in [0.15, 0.2) is 24.3 Å². The summed E-state index contributed by atoms with van der Waals surface area (Å²) in [4.78, 5) is 12.0. The minimum Gasteiger partial charge on any atom is -0.462 e. The molecule has 0 aromatic heterocycles. The predicted octanol–water partition coefficient (Wildman–Crippen LogP) is 2.60. The minimum absolute atomic E-state index is 0.146. The number of hydrogen-bond acceptors (Lipinski definition) is 4. The highest BCUT2D eigenvalue weighted by atomic mass is 32.2. The van der Waals surface area contributed by atoms with Gasteiger partial charge in [0.25, 0.3) is 0 Å². The Hall–Kier alpha value is -1.00. The van der Waals surface area contributed by atoms with E-state index < -0.39 is 0 Å². The predicted molar refractivity (Wildman–Crippen MR) is 72.8 cm³/mol. The first-order valence-corrected chi connectivity index (χ1v) is 7.31. The first-order valence-electron chi connectivity index (χ1n) is 6.26. The van der Waals surface area contributed by atoms with Crippen LogP contribution >= 0.6 is 11.8 Å². The highest BCUT2D eigenvalue weighted by molar-refractivity contribution is 8.00. The van der Waals surface area contributed by atoms with Crippen LogP contribution in [0.1, 0.15) is 23.3 Å². The number of carbonyl (C=O) groups excluding carboxylic acids is 1. The molecule has 1 atom stereocenters. The summed E-state index contributed by atoms with van der Waals surface area (Å²) in [6.07, 6.45) is 1.03. The van der Waals surface area contributed by atoms with Gasteiger partial charge in [0.1, 0.15) is 11.9 Å². The summed E-state index contributed by atoms with van der Waals surface area (Å²) in [6, 6.07) is 8.11. The monoisotopic (exact) mass is 266 g/mol. The molecular formula is C14H18O3S. The van der Waals surface area contributed by atoms with Crippen molar-refractivity contribution in [1.29, 1.82) is 0 Å². The second kappa shape index (κ2) is 6.81. The van der Waals surface area contributed by atoms with E-state index in [0.29, 0.717) is 19.8 Å². The third-order valence-electron chi connectivity index (χ3n) is 2.88.